The van der Waals surface area contributed by atoms with Crippen LogP contribution in [0, 0.1) is 17.1 Å². The summed E-state index contributed by atoms with van der Waals surface area (Å²) in [4.78, 5) is 18.1. The number of hydrogen-bond acceptors (Lipinski definition) is 4. The van der Waals surface area contributed by atoms with Gasteiger partial charge >= 0.3 is 6.18 Å². The molecule has 0 N–H and O–H groups in total. The molecule has 3 rings (SSSR count). The summed E-state index contributed by atoms with van der Waals surface area (Å²) in [5, 5.41) is 8.86. The van der Waals surface area contributed by atoms with E-state index in [0.717, 1.165) is 18.7 Å². The van der Waals surface area contributed by atoms with Crippen LogP contribution in [0.1, 0.15) is 30.5 Å². The monoisotopic (exact) mass is 436 g/mol. The van der Waals surface area contributed by atoms with Gasteiger partial charge in [-0.05, 0) is 49.7 Å². The molecule has 0 amide bonds. The van der Waals surface area contributed by atoms with Gasteiger partial charge in [0.1, 0.15) is 23.7 Å². The Morgan fingerprint density at radius 3 is 2.50 bits per heavy atom. The van der Waals surface area contributed by atoms with Crippen LogP contribution < -0.4 is 9.80 Å². The normalized spacial score (nSPS) is 14.9. The predicted octanol–water partition coefficient (Wildman–Crippen LogP) is 4.46. The lowest BCUT2D eigenvalue weighted by molar-refractivity contribution is -0.138. The number of nitrogens with zero attached hydrogens (tertiary/aromatic N) is 4. The number of aromatic nitrogens is 1. The Morgan fingerprint density at radius 1 is 1.33 bits per heavy atom. The summed E-state index contributed by atoms with van der Waals surface area (Å²) >= 11 is 5.49. The Bertz CT molecular complexity index is 1030. The van der Waals surface area contributed by atoms with Crippen LogP contribution in [0.2, 0.25) is 0 Å². The standard InChI is InChI=1S/C20H16F4N4OS/c1-27(13-9-14(20(22,23)24)16(10-25)26-11-13)18(30)28(19(12-29)7-4-8-19)17-6-3-2-5-15(17)21/h2-3,5-6,9,11-12H,4,7-8H2,1H3. The van der Waals surface area contributed by atoms with Gasteiger partial charge in [0.2, 0.25) is 0 Å². The van der Waals surface area contributed by atoms with Crippen molar-refractivity contribution in [2.24, 2.45) is 0 Å². The summed E-state index contributed by atoms with van der Waals surface area (Å²) in [5.74, 6) is -0.615. The van der Waals surface area contributed by atoms with Crippen LogP contribution >= 0.6 is 12.2 Å². The zero-order valence-corrected chi connectivity index (χ0v) is 16.6. The fraction of sp³-hybridized carbons (Fsp3) is 0.300. The maximum atomic E-state index is 14.6. The average molecular weight is 436 g/mol. The number of hydrogen-bond donors (Lipinski definition) is 0. The Hall–Kier alpha value is -3.06. The number of thiocarbonyl (C=S) groups is 1. The molecule has 2 aromatic rings. The predicted molar refractivity (Wildman–Crippen MR) is 106 cm³/mol. The number of alkyl halides is 3. The molecule has 0 bridgehead atoms. The molecule has 1 aromatic heterocycles. The third kappa shape index (κ3) is 3.73. The molecule has 0 unspecified atom stereocenters. The van der Waals surface area contributed by atoms with E-state index in [9.17, 15) is 22.4 Å². The number of anilines is 2. The van der Waals surface area contributed by atoms with Crippen molar-refractivity contribution in [2.75, 3.05) is 16.8 Å². The van der Waals surface area contributed by atoms with Crippen molar-refractivity contribution >= 4 is 35.0 Å². The zero-order valence-electron chi connectivity index (χ0n) is 15.8. The smallest absolute Gasteiger partial charge is 0.320 e. The van der Waals surface area contributed by atoms with E-state index in [1.54, 1.807) is 6.07 Å². The number of nitriles is 1. The second-order valence-corrected chi connectivity index (χ2v) is 7.27. The Morgan fingerprint density at radius 2 is 2.00 bits per heavy atom. The molecule has 1 heterocycles. The second-order valence-electron chi connectivity index (χ2n) is 6.90. The molecule has 5 nitrogen and oxygen atoms in total. The minimum atomic E-state index is -4.79. The fourth-order valence-electron chi connectivity index (χ4n) is 3.30. The lowest BCUT2D eigenvalue weighted by Gasteiger charge is -2.48. The van der Waals surface area contributed by atoms with Gasteiger partial charge in [-0.1, -0.05) is 12.1 Å². The van der Waals surface area contributed by atoms with E-state index in [1.807, 2.05) is 0 Å². The van der Waals surface area contributed by atoms with Gasteiger partial charge in [-0.2, -0.15) is 18.4 Å². The van der Waals surface area contributed by atoms with Crippen LogP contribution in [0.3, 0.4) is 0 Å². The maximum Gasteiger partial charge on any atom is 0.419 e. The fourth-order valence-corrected chi connectivity index (χ4v) is 3.69. The Kier molecular flexibility index (Phi) is 5.76. The highest BCUT2D eigenvalue weighted by Gasteiger charge is 2.46. The molecule has 0 radical (unpaired) electrons. The van der Waals surface area contributed by atoms with E-state index in [1.165, 1.54) is 41.1 Å². The molecule has 1 saturated carbocycles. The highest BCUT2D eigenvalue weighted by molar-refractivity contribution is 7.80. The largest absolute Gasteiger partial charge is 0.419 e. The molecule has 1 fully saturated rings. The number of halogens is 4. The molecule has 0 aliphatic heterocycles. The van der Waals surface area contributed by atoms with E-state index in [2.05, 4.69) is 4.98 Å². The van der Waals surface area contributed by atoms with Gasteiger partial charge in [-0.15, -0.1) is 0 Å². The van der Waals surface area contributed by atoms with E-state index < -0.39 is 28.8 Å². The second kappa shape index (κ2) is 7.99. The van der Waals surface area contributed by atoms with E-state index >= 15 is 0 Å². The van der Waals surface area contributed by atoms with Gasteiger partial charge in [0.05, 0.1) is 23.1 Å². The van der Waals surface area contributed by atoms with Crippen LogP contribution in [0.15, 0.2) is 36.5 Å². The Labute approximate surface area is 175 Å². The summed E-state index contributed by atoms with van der Waals surface area (Å²) in [6, 6.07) is 7.91. The molecule has 10 heteroatoms. The number of carbonyl (C=O) groups is 1. The quantitative estimate of drug-likeness (QED) is 0.401. The topological polar surface area (TPSA) is 60.2 Å². The number of carbonyl (C=O) groups excluding carboxylic acids is 1. The van der Waals surface area contributed by atoms with Crippen LogP contribution in [-0.2, 0) is 11.0 Å². The first kappa shape index (κ1) is 21.6. The van der Waals surface area contributed by atoms with Crippen LogP contribution in [-0.4, -0.2) is 29.0 Å². The first-order valence-corrected chi connectivity index (χ1v) is 9.31. The average Bonchev–Trinajstić information content (AvgIpc) is 2.69. The molecular formula is C20H16F4N4OS. The van der Waals surface area contributed by atoms with Crippen molar-refractivity contribution in [2.45, 2.75) is 31.0 Å². The van der Waals surface area contributed by atoms with Crippen LogP contribution in [0.5, 0.6) is 0 Å². The molecule has 30 heavy (non-hydrogen) atoms. The molecule has 1 aliphatic carbocycles. The van der Waals surface area contributed by atoms with Crippen molar-refractivity contribution in [1.29, 1.82) is 5.26 Å². The minimum absolute atomic E-state index is 0.0481. The van der Waals surface area contributed by atoms with Gasteiger partial charge in [0.25, 0.3) is 0 Å². The van der Waals surface area contributed by atoms with Gasteiger partial charge < -0.3 is 14.6 Å². The third-order valence-corrected chi connectivity index (χ3v) is 5.58. The zero-order chi connectivity index (χ0) is 22.1. The Balaban J connectivity index is 2.07. The first-order valence-electron chi connectivity index (χ1n) is 8.91. The van der Waals surface area contributed by atoms with Crippen molar-refractivity contribution in [3.05, 3.63) is 53.6 Å². The van der Waals surface area contributed by atoms with Crippen molar-refractivity contribution in [3.63, 3.8) is 0 Å². The highest BCUT2D eigenvalue weighted by Crippen LogP contribution is 2.41. The van der Waals surface area contributed by atoms with Gasteiger partial charge in [0, 0.05) is 7.05 Å². The number of aldehydes is 1. The number of rotatable bonds is 4. The van der Waals surface area contributed by atoms with Crippen LogP contribution in [0.25, 0.3) is 0 Å². The summed E-state index contributed by atoms with van der Waals surface area (Å²) < 4.78 is 54.5. The van der Waals surface area contributed by atoms with Crippen LogP contribution in [0.4, 0.5) is 28.9 Å². The van der Waals surface area contributed by atoms with Gasteiger partial charge in [-0.3, -0.25) is 0 Å². The summed E-state index contributed by atoms with van der Waals surface area (Å²) in [6.45, 7) is 0. The van der Waals surface area contributed by atoms with Gasteiger partial charge in [-0.25, -0.2) is 9.37 Å². The number of pyridine rings is 1. The molecule has 156 valence electrons. The molecular weight excluding hydrogens is 420 g/mol. The maximum absolute atomic E-state index is 14.6. The lowest BCUT2D eigenvalue weighted by atomic mass is 9.76. The molecule has 0 spiro atoms. The lowest BCUT2D eigenvalue weighted by Crippen LogP contribution is -2.61. The number of para-hydroxylation sites is 1. The van der Waals surface area contributed by atoms with Crippen molar-refractivity contribution in [1.82, 2.24) is 4.98 Å². The van der Waals surface area contributed by atoms with E-state index in [0.29, 0.717) is 19.1 Å². The third-order valence-electron chi connectivity index (χ3n) is 5.13. The minimum Gasteiger partial charge on any atom is -0.320 e. The SMILES string of the molecule is CN(C(=S)N(c1ccccc1F)C1(C=O)CCC1)c1cnc(C#N)c(C(F)(F)F)c1. The summed E-state index contributed by atoms with van der Waals surface area (Å²) in [6.07, 6.45) is -1.43. The van der Waals surface area contributed by atoms with E-state index in [4.69, 9.17) is 17.5 Å². The molecule has 1 aromatic carbocycles. The molecule has 0 atom stereocenters. The summed E-state index contributed by atoms with van der Waals surface area (Å²) in [5.41, 5.74) is -3.05. The first-order chi connectivity index (χ1) is 14.1. The molecule has 0 saturated heterocycles. The molecule has 1 aliphatic rings. The van der Waals surface area contributed by atoms with E-state index in [-0.39, 0.29) is 16.5 Å². The van der Waals surface area contributed by atoms with Gasteiger partial charge in [0.15, 0.2) is 10.8 Å². The van der Waals surface area contributed by atoms with Crippen molar-refractivity contribution in [3.8, 4) is 6.07 Å². The highest BCUT2D eigenvalue weighted by atomic mass is 32.1. The van der Waals surface area contributed by atoms with Crippen molar-refractivity contribution < 1.29 is 22.4 Å². The number of benzene rings is 1. The summed E-state index contributed by atoms with van der Waals surface area (Å²) in [7, 11) is 1.40.